The monoisotopic (exact) mass is 194 g/mol. The van der Waals surface area contributed by atoms with Crippen LogP contribution in [-0.2, 0) is 4.79 Å². The van der Waals surface area contributed by atoms with Crippen molar-refractivity contribution in [3.05, 3.63) is 24.0 Å². The average molecular weight is 194 g/mol. The summed E-state index contributed by atoms with van der Waals surface area (Å²) in [5.74, 6) is -0.842. The van der Waals surface area contributed by atoms with Crippen LogP contribution >= 0.6 is 11.8 Å². The fourth-order valence-electron chi connectivity index (χ4n) is 1.04. The molecular weight excluding hydrogens is 188 g/mol. The molecular formula is C8H6N2O2S. The number of thioether (sulfide) groups is 1. The molecule has 66 valence electrons. The van der Waals surface area contributed by atoms with E-state index in [-0.39, 0.29) is 0 Å². The van der Waals surface area contributed by atoms with Crippen LogP contribution in [0.15, 0.2) is 34.0 Å². The number of rotatable bonds is 1. The van der Waals surface area contributed by atoms with Crippen molar-refractivity contribution in [2.24, 2.45) is 9.98 Å². The summed E-state index contributed by atoms with van der Waals surface area (Å²) in [7, 11) is 0. The van der Waals surface area contributed by atoms with E-state index in [0.717, 1.165) is 10.6 Å². The summed E-state index contributed by atoms with van der Waals surface area (Å²) in [5.41, 5.74) is 0.794. The predicted octanol–water partition coefficient (Wildman–Crippen LogP) is 1.07. The Morgan fingerprint density at radius 3 is 3.15 bits per heavy atom. The van der Waals surface area contributed by atoms with Crippen LogP contribution in [0.5, 0.6) is 0 Å². The molecule has 2 aliphatic heterocycles. The SMILES string of the molecule is O=C(O)C1C=C2C=NC=CN=C2S1. The van der Waals surface area contributed by atoms with Crippen LogP contribution in [0.1, 0.15) is 0 Å². The molecule has 1 unspecified atom stereocenters. The molecule has 4 nitrogen and oxygen atoms in total. The molecule has 2 rings (SSSR count). The third-order valence-corrected chi connectivity index (χ3v) is 2.77. The highest BCUT2D eigenvalue weighted by Gasteiger charge is 2.27. The Kier molecular flexibility index (Phi) is 2.02. The lowest BCUT2D eigenvalue weighted by Crippen LogP contribution is -2.10. The highest BCUT2D eigenvalue weighted by Crippen LogP contribution is 2.28. The van der Waals surface area contributed by atoms with Gasteiger partial charge < -0.3 is 5.11 Å². The lowest BCUT2D eigenvalue weighted by molar-refractivity contribution is -0.135. The zero-order valence-electron chi connectivity index (χ0n) is 6.54. The normalized spacial score (nSPS) is 24.8. The van der Waals surface area contributed by atoms with Gasteiger partial charge in [-0.25, -0.2) is 4.99 Å². The zero-order valence-corrected chi connectivity index (χ0v) is 7.36. The highest BCUT2D eigenvalue weighted by atomic mass is 32.2. The van der Waals surface area contributed by atoms with Gasteiger partial charge >= 0.3 is 5.97 Å². The van der Waals surface area contributed by atoms with Crippen molar-refractivity contribution in [3.63, 3.8) is 0 Å². The van der Waals surface area contributed by atoms with E-state index in [2.05, 4.69) is 9.98 Å². The molecule has 5 heteroatoms. The second-order valence-electron chi connectivity index (χ2n) is 2.51. The topological polar surface area (TPSA) is 62.0 Å². The first-order chi connectivity index (χ1) is 6.27. The summed E-state index contributed by atoms with van der Waals surface area (Å²) in [6.07, 6.45) is 6.41. The number of carbonyl (C=O) groups is 1. The summed E-state index contributed by atoms with van der Waals surface area (Å²) in [5, 5.41) is 8.95. The van der Waals surface area contributed by atoms with Gasteiger partial charge in [-0.15, -0.1) is 0 Å². The minimum absolute atomic E-state index is 0.522. The summed E-state index contributed by atoms with van der Waals surface area (Å²) in [6, 6.07) is 0. The largest absolute Gasteiger partial charge is 0.480 e. The first-order valence-corrected chi connectivity index (χ1v) is 4.53. The molecule has 0 spiro atoms. The molecule has 0 bridgehead atoms. The Balaban J connectivity index is 2.31. The zero-order chi connectivity index (χ0) is 9.26. The molecule has 0 saturated heterocycles. The minimum atomic E-state index is -0.842. The molecule has 0 aromatic carbocycles. The standard InChI is InChI=1S/C8H6N2O2S/c11-8(12)6-3-5-4-9-1-2-10-7(5)13-6/h1-4,6H,(H,11,12). The molecule has 0 radical (unpaired) electrons. The third kappa shape index (κ3) is 1.55. The molecule has 1 atom stereocenters. The van der Waals surface area contributed by atoms with Crippen molar-refractivity contribution >= 4 is 29.0 Å². The Morgan fingerprint density at radius 2 is 2.38 bits per heavy atom. The Hall–Kier alpha value is -1.36. The lowest BCUT2D eigenvalue weighted by Gasteiger charge is -1.97. The van der Waals surface area contributed by atoms with Crippen molar-refractivity contribution in [1.82, 2.24) is 0 Å². The first-order valence-electron chi connectivity index (χ1n) is 3.65. The van der Waals surface area contributed by atoms with Crippen LogP contribution in [0.25, 0.3) is 0 Å². The van der Waals surface area contributed by atoms with Crippen LogP contribution in [0, 0.1) is 0 Å². The molecule has 0 saturated carbocycles. The summed E-state index contributed by atoms with van der Waals surface area (Å²) in [4.78, 5) is 18.6. The predicted molar refractivity (Wildman–Crippen MR) is 52.2 cm³/mol. The van der Waals surface area contributed by atoms with Gasteiger partial charge in [-0.1, -0.05) is 11.8 Å². The molecule has 0 fully saturated rings. The number of fused-ring (bicyclic) bond motifs is 1. The number of carboxylic acid groups (broad SMARTS) is 1. The molecule has 0 aromatic heterocycles. The van der Waals surface area contributed by atoms with E-state index in [0.29, 0.717) is 0 Å². The summed E-state index contributed by atoms with van der Waals surface area (Å²) < 4.78 is 0. The number of nitrogens with zero attached hydrogens (tertiary/aromatic N) is 2. The summed E-state index contributed by atoms with van der Waals surface area (Å²) >= 11 is 1.23. The molecule has 1 N–H and O–H groups in total. The van der Waals surface area contributed by atoms with E-state index in [9.17, 15) is 4.79 Å². The molecule has 2 aliphatic rings. The Bertz CT molecular complexity index is 368. The molecule has 0 amide bonds. The molecule has 2 heterocycles. The van der Waals surface area contributed by atoms with Gasteiger partial charge in [-0.3, -0.25) is 9.79 Å². The minimum Gasteiger partial charge on any atom is -0.480 e. The smallest absolute Gasteiger partial charge is 0.321 e. The van der Waals surface area contributed by atoms with E-state index in [1.54, 1.807) is 24.7 Å². The third-order valence-electron chi connectivity index (χ3n) is 1.62. The van der Waals surface area contributed by atoms with Gasteiger partial charge in [0.25, 0.3) is 0 Å². The maximum atomic E-state index is 10.6. The van der Waals surface area contributed by atoms with Crippen molar-refractivity contribution < 1.29 is 9.90 Å². The first kappa shape index (κ1) is 8.25. The van der Waals surface area contributed by atoms with Gasteiger partial charge in [-0.2, -0.15) is 0 Å². The number of aliphatic carboxylic acids is 1. The maximum Gasteiger partial charge on any atom is 0.321 e. The fraction of sp³-hybridized carbons (Fsp3) is 0.125. The van der Waals surface area contributed by atoms with E-state index in [1.807, 2.05) is 0 Å². The molecule has 0 aliphatic carbocycles. The lowest BCUT2D eigenvalue weighted by atomic mass is 10.2. The van der Waals surface area contributed by atoms with Crippen LogP contribution in [0.2, 0.25) is 0 Å². The number of aliphatic imine (C=N–C) groups is 2. The van der Waals surface area contributed by atoms with Gasteiger partial charge in [-0.05, 0) is 6.08 Å². The van der Waals surface area contributed by atoms with Crippen molar-refractivity contribution in [2.75, 3.05) is 0 Å². The van der Waals surface area contributed by atoms with Gasteiger partial charge in [0.15, 0.2) is 0 Å². The molecule has 13 heavy (non-hydrogen) atoms. The second-order valence-corrected chi connectivity index (χ2v) is 3.64. The van der Waals surface area contributed by atoms with Gasteiger partial charge in [0, 0.05) is 24.2 Å². The number of carboxylic acids is 1. The highest BCUT2D eigenvalue weighted by molar-refractivity contribution is 8.16. The summed E-state index contributed by atoms with van der Waals surface area (Å²) in [6.45, 7) is 0. The van der Waals surface area contributed by atoms with Crippen LogP contribution < -0.4 is 0 Å². The maximum absolute atomic E-state index is 10.6. The van der Waals surface area contributed by atoms with Crippen LogP contribution in [0.3, 0.4) is 0 Å². The second kappa shape index (κ2) is 3.18. The Morgan fingerprint density at radius 1 is 1.54 bits per heavy atom. The van der Waals surface area contributed by atoms with Crippen LogP contribution in [-0.4, -0.2) is 27.6 Å². The van der Waals surface area contributed by atoms with E-state index in [1.165, 1.54) is 11.8 Å². The van der Waals surface area contributed by atoms with Crippen molar-refractivity contribution in [3.8, 4) is 0 Å². The number of hydrogen-bond donors (Lipinski definition) is 1. The van der Waals surface area contributed by atoms with Gasteiger partial charge in [0.05, 0.1) is 0 Å². The fourth-order valence-corrected chi connectivity index (χ4v) is 1.98. The van der Waals surface area contributed by atoms with E-state index < -0.39 is 11.2 Å². The average Bonchev–Trinajstić information content (AvgIpc) is 2.38. The number of hydrogen-bond acceptors (Lipinski definition) is 4. The van der Waals surface area contributed by atoms with Crippen molar-refractivity contribution in [1.29, 1.82) is 0 Å². The van der Waals surface area contributed by atoms with E-state index in [4.69, 9.17) is 5.11 Å². The van der Waals surface area contributed by atoms with Crippen molar-refractivity contribution in [2.45, 2.75) is 5.25 Å². The van der Waals surface area contributed by atoms with Gasteiger partial charge in [0.1, 0.15) is 10.3 Å². The molecule has 0 aromatic rings. The van der Waals surface area contributed by atoms with Gasteiger partial charge in [0.2, 0.25) is 0 Å². The van der Waals surface area contributed by atoms with Crippen LogP contribution in [0.4, 0.5) is 0 Å². The van der Waals surface area contributed by atoms with E-state index >= 15 is 0 Å². The quantitative estimate of drug-likeness (QED) is 0.679. The Labute approximate surface area is 78.8 Å².